The molecule has 2 aromatic rings. The average Bonchev–Trinajstić information content (AvgIpc) is 2.79. The van der Waals surface area contributed by atoms with Crippen LogP contribution in [-0.4, -0.2) is 41.7 Å². The lowest BCUT2D eigenvalue weighted by Gasteiger charge is -2.41. The Labute approximate surface area is 184 Å². The highest BCUT2D eigenvalue weighted by Gasteiger charge is 2.44. The molecule has 1 atom stereocenters. The molecule has 1 amide bonds. The summed E-state index contributed by atoms with van der Waals surface area (Å²) in [4.78, 5) is 27.5. The lowest BCUT2D eigenvalue weighted by molar-refractivity contribution is -0.162. The first-order valence-electron chi connectivity index (χ1n) is 10.4. The van der Waals surface area contributed by atoms with Crippen LogP contribution >= 0.6 is 12.6 Å². The summed E-state index contributed by atoms with van der Waals surface area (Å²) < 4.78 is 5.77. The van der Waals surface area contributed by atoms with Crippen molar-refractivity contribution in [2.45, 2.75) is 38.8 Å². The van der Waals surface area contributed by atoms with Gasteiger partial charge in [0.2, 0.25) is 5.91 Å². The van der Waals surface area contributed by atoms with Crippen LogP contribution in [0.25, 0.3) is 0 Å². The molecular weight excluding hydrogens is 396 g/mol. The second kappa shape index (κ2) is 10.1. The molecule has 2 N–H and O–H groups in total. The van der Waals surface area contributed by atoms with Crippen molar-refractivity contribution in [2.24, 2.45) is 11.1 Å². The van der Waals surface area contributed by atoms with E-state index in [2.05, 4.69) is 31.7 Å². The number of amides is 1. The van der Waals surface area contributed by atoms with Crippen LogP contribution in [0.15, 0.2) is 54.6 Å². The summed E-state index contributed by atoms with van der Waals surface area (Å²) in [6.07, 6.45) is 1.72. The van der Waals surface area contributed by atoms with E-state index < -0.39 is 11.5 Å². The van der Waals surface area contributed by atoms with E-state index in [9.17, 15) is 9.59 Å². The third-order valence-electron chi connectivity index (χ3n) is 5.98. The molecule has 1 aliphatic heterocycles. The molecule has 0 spiro atoms. The number of nitrogens with zero attached hydrogens (tertiary/aromatic N) is 1. The zero-order valence-corrected chi connectivity index (χ0v) is 18.3. The predicted molar refractivity (Wildman–Crippen MR) is 121 cm³/mol. The van der Waals surface area contributed by atoms with E-state index in [-0.39, 0.29) is 18.5 Å². The molecule has 3 rings (SSSR count). The summed E-state index contributed by atoms with van der Waals surface area (Å²) in [7, 11) is 0. The topological polar surface area (TPSA) is 72.6 Å². The fourth-order valence-electron chi connectivity index (χ4n) is 3.97. The Balaban J connectivity index is 1.76. The van der Waals surface area contributed by atoms with Crippen molar-refractivity contribution in [3.8, 4) is 0 Å². The maximum atomic E-state index is 13.3. The van der Waals surface area contributed by atoms with Crippen LogP contribution in [0.4, 0.5) is 0 Å². The standard InChI is InChI=1S/C24H30N2O3S/c1-18-7-5-6-10-20(18)15-24(23(28)29-16-19-8-3-2-4-9-19)11-13-26(14-12-24)22(27)21(25)17-30/h2-10,21,30H,11-17,25H2,1H3/t21-/m0/s1. The van der Waals surface area contributed by atoms with E-state index in [1.807, 2.05) is 42.5 Å². The molecule has 30 heavy (non-hydrogen) atoms. The monoisotopic (exact) mass is 426 g/mol. The summed E-state index contributed by atoms with van der Waals surface area (Å²) in [6, 6.07) is 17.2. The van der Waals surface area contributed by atoms with Gasteiger partial charge in [-0.05, 0) is 42.9 Å². The maximum Gasteiger partial charge on any atom is 0.312 e. The van der Waals surface area contributed by atoms with E-state index >= 15 is 0 Å². The van der Waals surface area contributed by atoms with E-state index in [4.69, 9.17) is 10.5 Å². The van der Waals surface area contributed by atoms with Gasteiger partial charge in [0.15, 0.2) is 0 Å². The third kappa shape index (κ3) is 5.24. The van der Waals surface area contributed by atoms with Crippen molar-refractivity contribution in [3.63, 3.8) is 0 Å². The van der Waals surface area contributed by atoms with Gasteiger partial charge in [0.25, 0.3) is 0 Å². The van der Waals surface area contributed by atoms with Gasteiger partial charge in [0, 0.05) is 18.8 Å². The van der Waals surface area contributed by atoms with Crippen molar-refractivity contribution < 1.29 is 14.3 Å². The maximum absolute atomic E-state index is 13.3. The van der Waals surface area contributed by atoms with Crippen LogP contribution in [0.3, 0.4) is 0 Å². The van der Waals surface area contributed by atoms with Gasteiger partial charge in [-0.25, -0.2) is 0 Å². The van der Waals surface area contributed by atoms with Crippen molar-refractivity contribution in [3.05, 3.63) is 71.3 Å². The van der Waals surface area contributed by atoms with Gasteiger partial charge in [0.05, 0.1) is 11.5 Å². The number of aryl methyl sites for hydroxylation is 1. The van der Waals surface area contributed by atoms with Crippen molar-refractivity contribution in [1.29, 1.82) is 0 Å². The summed E-state index contributed by atoms with van der Waals surface area (Å²) in [5.41, 5.74) is 8.48. The molecule has 0 saturated carbocycles. The molecule has 1 fully saturated rings. The van der Waals surface area contributed by atoms with Crippen molar-refractivity contribution in [2.75, 3.05) is 18.8 Å². The fraction of sp³-hybridized carbons (Fsp3) is 0.417. The molecule has 1 aliphatic rings. The van der Waals surface area contributed by atoms with Crippen LogP contribution in [-0.2, 0) is 27.4 Å². The molecule has 1 saturated heterocycles. The Hall–Kier alpha value is -2.31. The number of carbonyl (C=O) groups excluding carboxylic acids is 2. The highest BCUT2D eigenvalue weighted by molar-refractivity contribution is 7.80. The number of likely N-dealkylation sites (tertiary alicyclic amines) is 1. The van der Waals surface area contributed by atoms with Crippen molar-refractivity contribution >= 4 is 24.5 Å². The SMILES string of the molecule is Cc1ccccc1CC1(C(=O)OCc2ccccc2)CCN(C(=O)[C@@H](N)CS)CC1. The van der Waals surface area contributed by atoms with Crippen LogP contribution < -0.4 is 5.73 Å². The average molecular weight is 427 g/mol. The Kier molecular flexibility index (Phi) is 7.56. The molecule has 0 aromatic heterocycles. The Morgan fingerprint density at radius 1 is 1.10 bits per heavy atom. The number of ether oxygens (including phenoxy) is 1. The van der Waals surface area contributed by atoms with Gasteiger partial charge in [-0.3, -0.25) is 9.59 Å². The van der Waals surface area contributed by atoms with Gasteiger partial charge < -0.3 is 15.4 Å². The molecule has 1 heterocycles. The molecule has 0 bridgehead atoms. The number of hydrogen-bond acceptors (Lipinski definition) is 5. The lowest BCUT2D eigenvalue weighted by atomic mass is 9.73. The highest BCUT2D eigenvalue weighted by atomic mass is 32.1. The van der Waals surface area contributed by atoms with E-state index in [0.29, 0.717) is 38.1 Å². The largest absolute Gasteiger partial charge is 0.460 e. The summed E-state index contributed by atoms with van der Waals surface area (Å²) in [6.45, 7) is 3.30. The first-order chi connectivity index (χ1) is 14.4. The van der Waals surface area contributed by atoms with E-state index in [0.717, 1.165) is 16.7 Å². The summed E-state index contributed by atoms with van der Waals surface area (Å²) >= 11 is 4.13. The fourth-order valence-corrected chi connectivity index (χ4v) is 4.13. The highest BCUT2D eigenvalue weighted by Crippen LogP contribution is 2.38. The smallest absolute Gasteiger partial charge is 0.312 e. The predicted octanol–water partition coefficient (Wildman–Crippen LogP) is 3.15. The summed E-state index contributed by atoms with van der Waals surface area (Å²) in [5, 5.41) is 0. The first kappa shape index (κ1) is 22.4. The molecule has 160 valence electrons. The zero-order valence-electron chi connectivity index (χ0n) is 17.4. The Morgan fingerprint density at radius 2 is 1.73 bits per heavy atom. The lowest BCUT2D eigenvalue weighted by Crippen LogP contribution is -2.52. The van der Waals surface area contributed by atoms with Gasteiger partial charge in [-0.1, -0.05) is 54.6 Å². The zero-order chi connectivity index (χ0) is 21.6. The third-order valence-corrected chi connectivity index (χ3v) is 6.38. The van der Waals surface area contributed by atoms with Gasteiger partial charge in [0.1, 0.15) is 6.61 Å². The second-order valence-electron chi connectivity index (χ2n) is 8.06. The van der Waals surface area contributed by atoms with Crippen LogP contribution in [0.5, 0.6) is 0 Å². The second-order valence-corrected chi connectivity index (χ2v) is 8.42. The summed E-state index contributed by atoms with van der Waals surface area (Å²) in [5.74, 6) is 0.00958. The quantitative estimate of drug-likeness (QED) is 0.527. The molecule has 0 radical (unpaired) electrons. The van der Waals surface area contributed by atoms with Crippen LogP contribution in [0.2, 0.25) is 0 Å². The Bertz CT molecular complexity index is 864. The van der Waals surface area contributed by atoms with Gasteiger partial charge in [-0.15, -0.1) is 0 Å². The number of benzene rings is 2. The molecular formula is C24H30N2O3S. The molecule has 0 unspecified atom stereocenters. The number of carbonyl (C=O) groups is 2. The van der Waals surface area contributed by atoms with Gasteiger partial charge >= 0.3 is 5.97 Å². The normalized spacial score (nSPS) is 16.7. The number of rotatable bonds is 7. The number of esters is 1. The number of piperidine rings is 1. The molecule has 5 nitrogen and oxygen atoms in total. The molecule has 0 aliphatic carbocycles. The van der Waals surface area contributed by atoms with E-state index in [1.165, 1.54) is 0 Å². The number of nitrogens with two attached hydrogens (primary N) is 1. The molecule has 6 heteroatoms. The minimum Gasteiger partial charge on any atom is -0.460 e. The van der Waals surface area contributed by atoms with Crippen molar-refractivity contribution in [1.82, 2.24) is 4.90 Å². The minimum atomic E-state index is -0.650. The van der Waals surface area contributed by atoms with Crippen LogP contribution in [0.1, 0.15) is 29.5 Å². The van der Waals surface area contributed by atoms with E-state index in [1.54, 1.807) is 4.90 Å². The number of hydrogen-bond donors (Lipinski definition) is 2. The minimum absolute atomic E-state index is 0.104. The van der Waals surface area contributed by atoms with Gasteiger partial charge in [-0.2, -0.15) is 12.6 Å². The number of thiol groups is 1. The Morgan fingerprint density at radius 3 is 2.37 bits per heavy atom. The first-order valence-corrected chi connectivity index (χ1v) is 11.0. The van der Waals surface area contributed by atoms with Crippen LogP contribution in [0, 0.1) is 12.3 Å². The molecule has 2 aromatic carbocycles.